The molecule has 0 amide bonds. The molecule has 0 fully saturated rings. The summed E-state index contributed by atoms with van der Waals surface area (Å²) in [5, 5.41) is 13.0. The van der Waals surface area contributed by atoms with Crippen LogP contribution in [0.1, 0.15) is 53.4 Å². The maximum absolute atomic E-state index is 9.54. The van der Waals surface area contributed by atoms with Crippen LogP contribution in [0, 0.1) is 0 Å². The summed E-state index contributed by atoms with van der Waals surface area (Å²) in [6, 6.07) is 0.563. The lowest BCUT2D eigenvalue weighted by molar-refractivity contribution is 0.125. The first-order valence-electron chi connectivity index (χ1n) is 8.08. The molecule has 4 nitrogen and oxygen atoms in total. The molecule has 0 aliphatic rings. The van der Waals surface area contributed by atoms with Crippen molar-refractivity contribution >= 4 is 0 Å². The fourth-order valence-electron chi connectivity index (χ4n) is 2.32. The van der Waals surface area contributed by atoms with Crippen LogP contribution in [0.3, 0.4) is 0 Å². The zero-order valence-corrected chi connectivity index (χ0v) is 14.2. The third kappa shape index (κ3) is 8.90. The standard InChI is InChI=1S/C16H36N2O2/c1-6-10-17-16(4,14-19)9-7-8-11-18(15(2)3)12-13-20-5/h15,17,19H,6-14H2,1-5H3. The van der Waals surface area contributed by atoms with Gasteiger partial charge in [-0.15, -0.1) is 0 Å². The Hall–Kier alpha value is -0.160. The first-order chi connectivity index (χ1) is 9.49. The van der Waals surface area contributed by atoms with E-state index < -0.39 is 0 Å². The van der Waals surface area contributed by atoms with E-state index in [0.29, 0.717) is 6.04 Å². The molecule has 0 aromatic heterocycles. The predicted molar refractivity (Wildman–Crippen MR) is 86.2 cm³/mol. The van der Waals surface area contributed by atoms with Gasteiger partial charge in [0.1, 0.15) is 0 Å². The van der Waals surface area contributed by atoms with Crippen LogP contribution in [0.4, 0.5) is 0 Å². The zero-order valence-electron chi connectivity index (χ0n) is 14.2. The molecular weight excluding hydrogens is 252 g/mol. The Morgan fingerprint density at radius 2 is 1.95 bits per heavy atom. The highest BCUT2D eigenvalue weighted by Crippen LogP contribution is 2.14. The second-order valence-electron chi connectivity index (χ2n) is 6.23. The van der Waals surface area contributed by atoms with Crippen molar-refractivity contribution in [3.63, 3.8) is 0 Å². The largest absolute Gasteiger partial charge is 0.394 e. The van der Waals surface area contributed by atoms with Gasteiger partial charge in [0.15, 0.2) is 0 Å². The molecule has 0 saturated heterocycles. The van der Waals surface area contributed by atoms with Crippen LogP contribution in [0.2, 0.25) is 0 Å². The maximum Gasteiger partial charge on any atom is 0.0610 e. The van der Waals surface area contributed by atoms with Gasteiger partial charge in [-0.1, -0.05) is 13.3 Å². The van der Waals surface area contributed by atoms with Gasteiger partial charge in [0, 0.05) is 25.2 Å². The molecule has 0 aromatic carbocycles. The van der Waals surface area contributed by atoms with Crippen LogP contribution in [0.15, 0.2) is 0 Å². The Bertz CT molecular complexity index is 225. The monoisotopic (exact) mass is 288 g/mol. The van der Waals surface area contributed by atoms with E-state index >= 15 is 0 Å². The van der Waals surface area contributed by atoms with E-state index in [1.807, 2.05) is 0 Å². The third-order valence-electron chi connectivity index (χ3n) is 3.89. The summed E-state index contributed by atoms with van der Waals surface area (Å²) in [5.41, 5.74) is -0.120. The van der Waals surface area contributed by atoms with Crippen molar-refractivity contribution in [1.82, 2.24) is 10.2 Å². The van der Waals surface area contributed by atoms with Gasteiger partial charge in [-0.05, 0) is 53.1 Å². The minimum atomic E-state index is -0.120. The van der Waals surface area contributed by atoms with Crippen molar-refractivity contribution in [2.24, 2.45) is 0 Å². The van der Waals surface area contributed by atoms with E-state index in [2.05, 4.69) is 37.9 Å². The fraction of sp³-hybridized carbons (Fsp3) is 1.00. The van der Waals surface area contributed by atoms with E-state index in [4.69, 9.17) is 4.74 Å². The molecular formula is C16H36N2O2. The molecule has 20 heavy (non-hydrogen) atoms. The average molecular weight is 288 g/mol. The topological polar surface area (TPSA) is 44.7 Å². The molecule has 0 radical (unpaired) electrons. The SMILES string of the molecule is CCCNC(C)(CO)CCCCN(CCOC)C(C)C. The second kappa shape index (κ2) is 11.5. The lowest BCUT2D eigenvalue weighted by Crippen LogP contribution is -2.46. The van der Waals surface area contributed by atoms with Crippen LogP contribution in [-0.2, 0) is 4.74 Å². The maximum atomic E-state index is 9.54. The van der Waals surface area contributed by atoms with Crippen molar-refractivity contribution < 1.29 is 9.84 Å². The minimum Gasteiger partial charge on any atom is -0.394 e. The summed E-state index contributed by atoms with van der Waals surface area (Å²) in [6.45, 7) is 12.8. The average Bonchev–Trinajstić information content (AvgIpc) is 2.44. The smallest absolute Gasteiger partial charge is 0.0610 e. The van der Waals surface area contributed by atoms with Crippen LogP contribution < -0.4 is 5.32 Å². The molecule has 0 aromatic rings. The van der Waals surface area contributed by atoms with Gasteiger partial charge in [0.05, 0.1) is 13.2 Å². The van der Waals surface area contributed by atoms with Crippen LogP contribution in [0.5, 0.6) is 0 Å². The number of methoxy groups -OCH3 is 1. The van der Waals surface area contributed by atoms with E-state index in [9.17, 15) is 5.11 Å². The summed E-state index contributed by atoms with van der Waals surface area (Å²) in [5.74, 6) is 0. The molecule has 0 saturated carbocycles. The van der Waals surface area contributed by atoms with Crippen molar-refractivity contribution in [3.8, 4) is 0 Å². The Balaban J connectivity index is 3.95. The molecule has 0 rings (SSSR count). The van der Waals surface area contributed by atoms with Crippen LogP contribution >= 0.6 is 0 Å². The number of rotatable bonds is 13. The Labute approximate surface area is 125 Å². The van der Waals surface area contributed by atoms with Gasteiger partial charge in [-0.25, -0.2) is 0 Å². The van der Waals surface area contributed by atoms with Crippen LogP contribution in [-0.4, -0.2) is 61.5 Å². The fourth-order valence-corrected chi connectivity index (χ4v) is 2.32. The van der Waals surface area contributed by atoms with E-state index in [-0.39, 0.29) is 12.1 Å². The van der Waals surface area contributed by atoms with Crippen molar-refractivity contribution in [1.29, 1.82) is 0 Å². The molecule has 0 aliphatic heterocycles. The number of nitrogens with one attached hydrogen (secondary N) is 1. The van der Waals surface area contributed by atoms with E-state index in [1.54, 1.807) is 7.11 Å². The zero-order chi connectivity index (χ0) is 15.4. The molecule has 0 bridgehead atoms. The summed E-state index contributed by atoms with van der Waals surface area (Å²) in [7, 11) is 1.75. The van der Waals surface area contributed by atoms with Gasteiger partial charge in [0.2, 0.25) is 0 Å². The number of ether oxygens (including phenoxy) is 1. The number of hydrogen-bond acceptors (Lipinski definition) is 4. The summed E-state index contributed by atoms with van der Waals surface area (Å²) in [6.07, 6.45) is 4.45. The van der Waals surface area contributed by atoms with Crippen LogP contribution in [0.25, 0.3) is 0 Å². The highest BCUT2D eigenvalue weighted by Gasteiger charge is 2.21. The Morgan fingerprint density at radius 1 is 1.25 bits per heavy atom. The Morgan fingerprint density at radius 3 is 2.45 bits per heavy atom. The van der Waals surface area contributed by atoms with Gasteiger partial charge >= 0.3 is 0 Å². The van der Waals surface area contributed by atoms with Crippen molar-refractivity contribution in [2.45, 2.75) is 65.0 Å². The number of unbranched alkanes of at least 4 members (excludes halogenated alkanes) is 1. The third-order valence-corrected chi connectivity index (χ3v) is 3.89. The number of aliphatic hydroxyl groups excluding tert-OH is 1. The number of aliphatic hydroxyl groups is 1. The molecule has 122 valence electrons. The first kappa shape index (κ1) is 19.8. The highest BCUT2D eigenvalue weighted by atomic mass is 16.5. The van der Waals surface area contributed by atoms with Gasteiger partial charge in [-0.3, -0.25) is 4.90 Å². The van der Waals surface area contributed by atoms with E-state index in [1.165, 1.54) is 6.42 Å². The van der Waals surface area contributed by atoms with Gasteiger partial charge < -0.3 is 15.2 Å². The van der Waals surface area contributed by atoms with Crippen molar-refractivity contribution in [2.75, 3.05) is 40.0 Å². The molecule has 0 aliphatic carbocycles. The number of nitrogens with zero attached hydrogens (tertiary/aromatic N) is 1. The van der Waals surface area contributed by atoms with Gasteiger partial charge in [-0.2, -0.15) is 0 Å². The molecule has 1 unspecified atom stereocenters. The normalized spacial score (nSPS) is 15.0. The summed E-state index contributed by atoms with van der Waals surface area (Å²) >= 11 is 0. The second-order valence-corrected chi connectivity index (χ2v) is 6.23. The van der Waals surface area contributed by atoms with Crippen molar-refractivity contribution in [3.05, 3.63) is 0 Å². The van der Waals surface area contributed by atoms with E-state index in [0.717, 1.165) is 45.5 Å². The molecule has 0 spiro atoms. The molecule has 4 heteroatoms. The summed E-state index contributed by atoms with van der Waals surface area (Å²) in [4.78, 5) is 2.46. The predicted octanol–water partition coefficient (Wildman–Crippen LogP) is 2.26. The van der Waals surface area contributed by atoms with Gasteiger partial charge in [0.25, 0.3) is 0 Å². The molecule has 1 atom stereocenters. The highest BCUT2D eigenvalue weighted by molar-refractivity contribution is 4.82. The molecule has 0 heterocycles. The minimum absolute atomic E-state index is 0.120. The molecule has 2 N–H and O–H groups in total. The summed E-state index contributed by atoms with van der Waals surface area (Å²) < 4.78 is 5.16. The number of hydrogen-bond donors (Lipinski definition) is 2. The first-order valence-corrected chi connectivity index (χ1v) is 8.08. The Kier molecular flexibility index (Phi) is 11.4. The quantitative estimate of drug-likeness (QED) is 0.510. The lowest BCUT2D eigenvalue weighted by Gasteiger charge is -2.30. The lowest BCUT2D eigenvalue weighted by atomic mass is 9.95.